The molecule has 252 valence electrons. The van der Waals surface area contributed by atoms with Crippen LogP contribution in [0.4, 0.5) is 4.79 Å². The molecule has 12 nitrogen and oxygen atoms in total. The summed E-state index contributed by atoms with van der Waals surface area (Å²) < 4.78 is 29.0. The smallest absolute Gasteiger partial charge is 0.458 e. The van der Waals surface area contributed by atoms with Crippen molar-refractivity contribution in [3.8, 4) is 0 Å². The normalized spacial score (nSPS) is 33.5. The third-order valence-corrected chi connectivity index (χ3v) is 9.20. The van der Waals surface area contributed by atoms with Gasteiger partial charge in [-0.05, 0) is 87.0 Å². The van der Waals surface area contributed by atoms with Crippen LogP contribution in [0.3, 0.4) is 0 Å². The van der Waals surface area contributed by atoms with E-state index in [9.17, 15) is 24.9 Å². The summed E-state index contributed by atoms with van der Waals surface area (Å²) in [6.45, 7) is 14.8. The number of carbonyl (C=O) groups excluding carboxylic acids is 2. The van der Waals surface area contributed by atoms with Gasteiger partial charge in [0.15, 0.2) is 11.9 Å². The van der Waals surface area contributed by atoms with E-state index in [2.05, 4.69) is 5.32 Å². The number of nitrogens with one attached hydrogen (secondary N) is 1. The summed E-state index contributed by atoms with van der Waals surface area (Å²) in [7, 11) is 5.58. The maximum absolute atomic E-state index is 13.4. The minimum Gasteiger partial charge on any atom is -0.458 e. The van der Waals surface area contributed by atoms with Crippen molar-refractivity contribution in [2.24, 2.45) is 17.8 Å². The molecule has 43 heavy (non-hydrogen) atoms. The van der Waals surface area contributed by atoms with E-state index in [1.165, 1.54) is 0 Å². The van der Waals surface area contributed by atoms with Crippen LogP contribution in [0.1, 0.15) is 81.1 Å². The Balaban J connectivity index is 2.31. The topological polar surface area (TPSA) is 156 Å². The number of aliphatic hydroxyl groups excluding tert-OH is 2. The molecule has 0 saturated carbocycles. The zero-order valence-corrected chi connectivity index (χ0v) is 28.0. The number of cyclic esters (lactones) is 2. The van der Waals surface area contributed by atoms with Gasteiger partial charge in [-0.3, -0.25) is 4.79 Å². The molecule has 2 fully saturated rings. The third kappa shape index (κ3) is 9.02. The molecule has 0 aromatic carbocycles. The Bertz CT molecular complexity index is 904. The molecule has 13 atom stereocenters. The molecule has 0 aromatic rings. The SMILES string of the molecule is CC[C@H]1OC(=O)O[C@]1(C)[C@@H](CC)OC(=O)[C@H](C)[C@@H](O)[C@H](C)[C@@H](OC1O[C@H](C)C[C@H](N(C)C)[C@H]1O)[C@](C)(O)C[C@@H](C)CNC. The van der Waals surface area contributed by atoms with Gasteiger partial charge in [-0.15, -0.1) is 0 Å². The van der Waals surface area contributed by atoms with Gasteiger partial charge in [-0.25, -0.2) is 4.79 Å². The van der Waals surface area contributed by atoms with E-state index in [0.29, 0.717) is 32.2 Å². The molecule has 0 spiro atoms. The summed E-state index contributed by atoms with van der Waals surface area (Å²) in [6, 6.07) is -0.232. The second kappa shape index (κ2) is 15.6. The summed E-state index contributed by atoms with van der Waals surface area (Å²) in [5.41, 5.74) is -2.62. The molecule has 0 aromatic heterocycles. The highest BCUT2D eigenvalue weighted by Gasteiger charge is 2.54. The molecule has 1 unspecified atom stereocenters. The fraction of sp³-hybridized carbons (Fsp3) is 0.935. The molecular formula is C31H58N2O10. The number of esters is 1. The predicted octanol–water partition coefficient (Wildman–Crippen LogP) is 2.45. The average molecular weight is 619 g/mol. The van der Waals surface area contributed by atoms with Crippen LogP contribution >= 0.6 is 0 Å². The zero-order chi connectivity index (χ0) is 32.9. The molecule has 2 heterocycles. The standard InChI is InChI=1S/C31H58N2O10/c1-12-22(31(8)23(13-2)41-29(37)43-31)40-27(36)20(6)24(34)19(5)26(30(7,38)15-17(3)16-32-9)42-28-25(35)21(33(10)11)14-18(4)39-28/h17-26,28,32,34-35,38H,12-16H2,1-11H3/t17-,18-,19+,20-,21+,22-,23-,24+,25-,26-,28?,30-,31-/m1/s1. The van der Waals surface area contributed by atoms with Gasteiger partial charge in [0, 0.05) is 12.0 Å². The zero-order valence-electron chi connectivity index (χ0n) is 28.0. The Morgan fingerprint density at radius 1 is 1.26 bits per heavy atom. The van der Waals surface area contributed by atoms with Crippen LogP contribution in [-0.2, 0) is 28.5 Å². The van der Waals surface area contributed by atoms with Crippen molar-refractivity contribution in [3.05, 3.63) is 0 Å². The number of rotatable bonds is 16. The monoisotopic (exact) mass is 618 g/mol. The Labute approximate surface area is 257 Å². The van der Waals surface area contributed by atoms with Crippen LogP contribution < -0.4 is 5.32 Å². The molecule has 2 aliphatic rings. The van der Waals surface area contributed by atoms with Gasteiger partial charge in [0.1, 0.15) is 18.3 Å². The molecular weight excluding hydrogens is 560 g/mol. The molecule has 0 bridgehead atoms. The average Bonchev–Trinajstić information content (AvgIpc) is 3.23. The van der Waals surface area contributed by atoms with Crippen molar-refractivity contribution >= 4 is 12.1 Å². The summed E-state index contributed by atoms with van der Waals surface area (Å²) in [5.74, 6) is -2.43. The van der Waals surface area contributed by atoms with Crippen LogP contribution in [0.5, 0.6) is 0 Å². The Kier molecular flexibility index (Phi) is 13.7. The maximum Gasteiger partial charge on any atom is 0.509 e. The second-order valence-electron chi connectivity index (χ2n) is 13.4. The van der Waals surface area contributed by atoms with E-state index in [-0.39, 0.29) is 18.1 Å². The second-order valence-corrected chi connectivity index (χ2v) is 13.4. The fourth-order valence-electron chi connectivity index (χ4n) is 6.77. The number of likely N-dealkylation sites (N-methyl/N-ethyl adjacent to an activating group) is 1. The fourth-order valence-corrected chi connectivity index (χ4v) is 6.77. The first-order valence-electron chi connectivity index (χ1n) is 15.7. The van der Waals surface area contributed by atoms with Crippen molar-refractivity contribution in [3.63, 3.8) is 0 Å². The molecule has 0 radical (unpaired) electrons. The summed E-state index contributed by atoms with van der Waals surface area (Å²) >= 11 is 0. The van der Waals surface area contributed by atoms with Crippen molar-refractivity contribution in [1.29, 1.82) is 0 Å². The quantitative estimate of drug-likeness (QED) is 0.188. The number of carbonyl (C=O) groups is 2. The van der Waals surface area contributed by atoms with Crippen molar-refractivity contribution in [2.75, 3.05) is 27.7 Å². The highest BCUT2D eigenvalue weighted by atomic mass is 16.8. The lowest BCUT2D eigenvalue weighted by Gasteiger charge is -2.46. The van der Waals surface area contributed by atoms with Gasteiger partial charge in [-0.1, -0.05) is 27.7 Å². The van der Waals surface area contributed by atoms with Crippen LogP contribution in [0, 0.1) is 17.8 Å². The lowest BCUT2D eigenvalue weighted by atomic mass is 9.78. The van der Waals surface area contributed by atoms with Gasteiger partial charge in [-0.2, -0.15) is 0 Å². The molecule has 12 heteroatoms. The number of aliphatic hydroxyl groups is 3. The Morgan fingerprint density at radius 3 is 2.42 bits per heavy atom. The van der Waals surface area contributed by atoms with Gasteiger partial charge in [0.2, 0.25) is 0 Å². The van der Waals surface area contributed by atoms with Crippen molar-refractivity contribution < 1.29 is 48.6 Å². The Morgan fingerprint density at radius 2 is 1.88 bits per heavy atom. The third-order valence-electron chi connectivity index (χ3n) is 9.20. The first kappa shape index (κ1) is 37.6. The van der Waals surface area contributed by atoms with Gasteiger partial charge in [0.05, 0.1) is 29.8 Å². The predicted molar refractivity (Wildman–Crippen MR) is 160 cm³/mol. The highest BCUT2D eigenvalue weighted by molar-refractivity contribution is 5.73. The highest BCUT2D eigenvalue weighted by Crippen LogP contribution is 2.38. The number of hydrogen-bond donors (Lipinski definition) is 4. The number of ether oxygens (including phenoxy) is 5. The first-order valence-corrected chi connectivity index (χ1v) is 15.7. The molecule has 2 rings (SSSR count). The minimum atomic E-state index is -1.46. The summed E-state index contributed by atoms with van der Waals surface area (Å²) in [5, 5.41) is 37.6. The van der Waals surface area contributed by atoms with Crippen molar-refractivity contribution in [2.45, 2.75) is 141 Å². The molecule has 0 aliphatic carbocycles. The lowest BCUT2D eigenvalue weighted by Crippen LogP contribution is -2.59. The van der Waals surface area contributed by atoms with E-state index in [0.717, 1.165) is 0 Å². The first-order chi connectivity index (χ1) is 19.9. The molecule has 0 amide bonds. The minimum absolute atomic E-state index is 0.0531. The number of nitrogens with zero attached hydrogens (tertiary/aromatic N) is 1. The van der Waals surface area contributed by atoms with E-state index in [1.807, 2.05) is 53.7 Å². The van der Waals surface area contributed by atoms with Crippen LogP contribution in [0.2, 0.25) is 0 Å². The van der Waals surface area contributed by atoms with Gasteiger partial charge < -0.3 is 49.2 Å². The van der Waals surface area contributed by atoms with Gasteiger partial charge in [0.25, 0.3) is 0 Å². The van der Waals surface area contributed by atoms with Crippen LogP contribution in [-0.4, -0.2) is 120 Å². The van der Waals surface area contributed by atoms with Crippen LogP contribution in [0.25, 0.3) is 0 Å². The lowest BCUT2D eigenvalue weighted by molar-refractivity contribution is -0.299. The number of hydrogen-bond acceptors (Lipinski definition) is 12. The van der Waals surface area contributed by atoms with E-state index in [1.54, 1.807) is 27.7 Å². The van der Waals surface area contributed by atoms with Crippen LogP contribution in [0.15, 0.2) is 0 Å². The summed E-state index contributed by atoms with van der Waals surface area (Å²) in [4.78, 5) is 27.3. The van der Waals surface area contributed by atoms with E-state index < -0.39 is 72.0 Å². The van der Waals surface area contributed by atoms with E-state index in [4.69, 9.17) is 23.7 Å². The van der Waals surface area contributed by atoms with E-state index >= 15 is 0 Å². The molecule has 2 aliphatic heterocycles. The summed E-state index contributed by atoms with van der Waals surface area (Å²) in [6.07, 6.45) is -5.00. The van der Waals surface area contributed by atoms with Gasteiger partial charge >= 0.3 is 12.1 Å². The van der Waals surface area contributed by atoms with Crippen molar-refractivity contribution in [1.82, 2.24) is 10.2 Å². The molecule has 4 N–H and O–H groups in total. The largest absolute Gasteiger partial charge is 0.509 e. The molecule has 2 saturated heterocycles. The maximum atomic E-state index is 13.4. The Hall–Kier alpha value is -1.54.